The minimum Gasteiger partial charge on any atom is -0.310 e. The van der Waals surface area contributed by atoms with E-state index in [1.165, 1.54) is 77.5 Å². The van der Waals surface area contributed by atoms with Crippen molar-refractivity contribution in [2.45, 2.75) is 38.5 Å². The van der Waals surface area contributed by atoms with Crippen LogP contribution in [0.15, 0.2) is 231 Å². The van der Waals surface area contributed by atoms with Gasteiger partial charge in [0.15, 0.2) is 0 Å². The summed E-state index contributed by atoms with van der Waals surface area (Å²) >= 11 is 0. The fourth-order valence-electron chi connectivity index (χ4n) is 11.0. The molecule has 66 heavy (non-hydrogen) atoms. The van der Waals surface area contributed by atoms with Crippen LogP contribution in [0, 0.1) is 0 Å². The van der Waals surface area contributed by atoms with E-state index in [1.807, 2.05) is 0 Å². The minimum absolute atomic E-state index is 0.254. The predicted molar refractivity (Wildman–Crippen MR) is 279 cm³/mol. The maximum atomic E-state index is 2.45. The van der Waals surface area contributed by atoms with E-state index in [1.54, 1.807) is 0 Å². The van der Waals surface area contributed by atoms with E-state index in [-0.39, 0.29) is 10.8 Å². The van der Waals surface area contributed by atoms with Crippen LogP contribution in [0.4, 0.5) is 34.1 Å². The summed E-state index contributed by atoms with van der Waals surface area (Å²) in [6.45, 7) is 9.68. The molecule has 0 fully saturated rings. The summed E-state index contributed by atoms with van der Waals surface area (Å²) in [6, 6.07) is 84.7. The molecule has 0 spiro atoms. The molecule has 0 radical (unpaired) electrons. The van der Waals surface area contributed by atoms with E-state index < -0.39 is 0 Å². The Labute approximate surface area is 388 Å². The summed E-state index contributed by atoms with van der Waals surface area (Å²) in [5.41, 5.74) is 21.9. The standard InChI is InChI=1S/C64H50N2/c1-63(2)57-39-40-58-62-56(54-36-34-52(42-60(54)64(58,3)4)66(48-23-15-8-16-24-48)50-31-27-46(28-32-50)44-19-11-6-12-20-44)38-37-55(61(57)62)53-35-33-51(41-59(53)63)65(47-21-13-7-14-22-47)49-29-25-45(26-30-49)43-17-9-5-10-18-43/h5-42H,1-4H3. The molecule has 0 saturated heterocycles. The monoisotopic (exact) mass is 846 g/mol. The Bertz CT molecular complexity index is 3190. The fraction of sp³-hybridized carbons (Fsp3) is 0.0938. The van der Waals surface area contributed by atoms with Crippen molar-refractivity contribution in [3.8, 4) is 44.5 Å². The maximum Gasteiger partial charge on any atom is 0.0465 e. The van der Waals surface area contributed by atoms with Crippen molar-refractivity contribution in [3.63, 3.8) is 0 Å². The van der Waals surface area contributed by atoms with Gasteiger partial charge in [0.1, 0.15) is 0 Å². The topological polar surface area (TPSA) is 6.48 Å². The van der Waals surface area contributed by atoms with Gasteiger partial charge in [-0.25, -0.2) is 0 Å². The number of rotatable bonds is 8. The molecule has 0 atom stereocenters. The first kappa shape index (κ1) is 39.6. The molecule has 10 aromatic rings. The molecule has 0 unspecified atom stereocenters. The van der Waals surface area contributed by atoms with E-state index in [4.69, 9.17) is 0 Å². The average molecular weight is 847 g/mol. The molecule has 12 rings (SSSR count). The van der Waals surface area contributed by atoms with Crippen molar-refractivity contribution in [1.82, 2.24) is 0 Å². The molecular formula is C64H50N2. The van der Waals surface area contributed by atoms with Crippen molar-refractivity contribution in [2.75, 3.05) is 9.80 Å². The summed E-state index contributed by atoms with van der Waals surface area (Å²) < 4.78 is 0. The largest absolute Gasteiger partial charge is 0.310 e. The first-order valence-corrected chi connectivity index (χ1v) is 23.2. The van der Waals surface area contributed by atoms with Crippen LogP contribution < -0.4 is 9.80 Å². The highest BCUT2D eigenvalue weighted by Gasteiger charge is 2.40. The zero-order valence-corrected chi connectivity index (χ0v) is 37.8. The molecule has 0 heterocycles. The Morgan fingerprint density at radius 2 is 0.530 bits per heavy atom. The van der Waals surface area contributed by atoms with Crippen LogP contribution in [0.3, 0.4) is 0 Å². The Balaban J connectivity index is 0.966. The zero-order valence-electron chi connectivity index (χ0n) is 37.8. The second-order valence-corrected chi connectivity index (χ2v) is 18.9. The molecule has 0 amide bonds. The molecule has 316 valence electrons. The van der Waals surface area contributed by atoms with Crippen molar-refractivity contribution in [1.29, 1.82) is 0 Å². The molecule has 10 aromatic carbocycles. The second-order valence-electron chi connectivity index (χ2n) is 18.9. The number of hydrogen-bond acceptors (Lipinski definition) is 2. The normalized spacial score (nSPS) is 13.7. The van der Waals surface area contributed by atoms with E-state index in [2.05, 4.69) is 268 Å². The van der Waals surface area contributed by atoms with Crippen LogP contribution in [0.2, 0.25) is 0 Å². The third kappa shape index (κ3) is 6.31. The minimum atomic E-state index is -0.254. The number of benzene rings is 10. The van der Waals surface area contributed by atoms with Crippen molar-refractivity contribution in [2.24, 2.45) is 0 Å². The lowest BCUT2D eigenvalue weighted by Gasteiger charge is -2.41. The van der Waals surface area contributed by atoms with Gasteiger partial charge in [-0.15, -0.1) is 0 Å². The van der Waals surface area contributed by atoms with Gasteiger partial charge in [0.2, 0.25) is 0 Å². The first-order chi connectivity index (χ1) is 32.3. The predicted octanol–water partition coefficient (Wildman–Crippen LogP) is 17.7. The Kier molecular flexibility index (Phi) is 9.22. The van der Waals surface area contributed by atoms with Crippen LogP contribution in [-0.2, 0) is 10.8 Å². The van der Waals surface area contributed by atoms with Gasteiger partial charge in [0.25, 0.3) is 0 Å². The average Bonchev–Trinajstić information content (AvgIpc) is 3.37. The van der Waals surface area contributed by atoms with Crippen LogP contribution in [-0.4, -0.2) is 0 Å². The maximum absolute atomic E-state index is 2.45. The number of anilines is 6. The number of para-hydroxylation sites is 2. The number of fused-ring (bicyclic) bond motifs is 4. The molecular weight excluding hydrogens is 797 g/mol. The highest BCUT2D eigenvalue weighted by Crippen LogP contribution is 2.57. The van der Waals surface area contributed by atoms with Gasteiger partial charge in [-0.2, -0.15) is 0 Å². The summed E-state index contributed by atoms with van der Waals surface area (Å²) in [4.78, 5) is 4.79. The van der Waals surface area contributed by atoms with Gasteiger partial charge in [0.05, 0.1) is 0 Å². The zero-order chi connectivity index (χ0) is 44.6. The second kappa shape index (κ2) is 15.4. The molecule has 0 aromatic heterocycles. The number of hydrogen-bond donors (Lipinski definition) is 0. The SMILES string of the molecule is CC1(C)c2cc(N(c3ccccc3)c3ccc(-c4ccccc4)cc3)ccc2-c2ccc3c4c(ccc1c24)C(C)(C)c1cc(N(c2ccccc2)c2ccc(-c4ccccc4)cc2)ccc1-3. The lowest BCUT2D eigenvalue weighted by molar-refractivity contribution is 0.633. The van der Waals surface area contributed by atoms with Crippen molar-refractivity contribution in [3.05, 3.63) is 253 Å². The van der Waals surface area contributed by atoms with Crippen LogP contribution >= 0.6 is 0 Å². The highest BCUT2D eigenvalue weighted by molar-refractivity contribution is 6.13. The summed E-state index contributed by atoms with van der Waals surface area (Å²) in [7, 11) is 0. The van der Waals surface area contributed by atoms with Crippen molar-refractivity contribution >= 4 is 44.9 Å². The quantitative estimate of drug-likeness (QED) is 0.150. The summed E-state index contributed by atoms with van der Waals surface area (Å²) in [5.74, 6) is 0. The molecule has 0 N–H and O–H groups in total. The van der Waals surface area contributed by atoms with Gasteiger partial charge in [0, 0.05) is 45.0 Å². The van der Waals surface area contributed by atoms with Crippen molar-refractivity contribution < 1.29 is 0 Å². The van der Waals surface area contributed by atoms with Gasteiger partial charge >= 0.3 is 0 Å². The Morgan fingerprint density at radius 3 is 0.894 bits per heavy atom. The first-order valence-electron chi connectivity index (χ1n) is 23.2. The molecule has 0 aliphatic heterocycles. The molecule has 2 nitrogen and oxygen atoms in total. The molecule has 2 aliphatic carbocycles. The number of nitrogens with zero attached hydrogens (tertiary/aromatic N) is 2. The summed E-state index contributed by atoms with van der Waals surface area (Å²) in [6.07, 6.45) is 0. The van der Waals surface area contributed by atoms with E-state index in [0.29, 0.717) is 0 Å². The van der Waals surface area contributed by atoms with Gasteiger partial charge in [-0.3, -0.25) is 0 Å². The lowest BCUT2D eigenvalue weighted by Crippen LogP contribution is -2.28. The van der Waals surface area contributed by atoms with Gasteiger partial charge in [-0.1, -0.05) is 185 Å². The van der Waals surface area contributed by atoms with Crippen LogP contribution in [0.5, 0.6) is 0 Å². The Morgan fingerprint density at radius 1 is 0.242 bits per heavy atom. The van der Waals surface area contributed by atoms with E-state index in [0.717, 1.165) is 34.1 Å². The van der Waals surface area contributed by atoms with Gasteiger partial charge in [-0.05, 0) is 150 Å². The van der Waals surface area contributed by atoms with E-state index in [9.17, 15) is 0 Å². The van der Waals surface area contributed by atoms with Gasteiger partial charge < -0.3 is 9.80 Å². The lowest BCUT2D eigenvalue weighted by atomic mass is 9.63. The molecule has 2 aliphatic rings. The third-order valence-electron chi connectivity index (χ3n) is 14.5. The molecule has 0 bridgehead atoms. The smallest absolute Gasteiger partial charge is 0.0465 e. The molecule has 0 saturated carbocycles. The fourth-order valence-corrected chi connectivity index (χ4v) is 11.0. The third-order valence-corrected chi connectivity index (χ3v) is 14.5. The summed E-state index contributed by atoms with van der Waals surface area (Å²) in [5, 5.41) is 2.78. The molecule has 2 heteroatoms. The Hall–Kier alpha value is -7.94. The highest BCUT2D eigenvalue weighted by atomic mass is 15.1. The van der Waals surface area contributed by atoms with Crippen LogP contribution in [0.1, 0.15) is 49.9 Å². The van der Waals surface area contributed by atoms with E-state index >= 15 is 0 Å². The van der Waals surface area contributed by atoms with Crippen LogP contribution in [0.25, 0.3) is 55.3 Å².